The number of β-lactam (4-membered cyclic amide) rings is 1. The maximum atomic E-state index is 12.8. The zero-order valence-electron chi connectivity index (χ0n) is 12.5. The molecule has 3 rings (SSSR count). The first-order valence-corrected chi connectivity index (χ1v) is 8.42. The molecule has 10 nitrogen and oxygen atoms in total. The molecule has 2 saturated heterocycles. The van der Waals surface area contributed by atoms with Crippen molar-refractivity contribution in [1.29, 1.82) is 0 Å². The van der Waals surface area contributed by atoms with Gasteiger partial charge in [-0.2, -0.15) is 0 Å². The summed E-state index contributed by atoms with van der Waals surface area (Å²) in [5.41, 5.74) is 0.522. The lowest BCUT2D eigenvalue weighted by atomic mass is 9.96. The molecule has 0 radical (unpaired) electrons. The first kappa shape index (κ1) is 15.9. The highest BCUT2D eigenvalue weighted by Gasteiger charge is 2.70. The fourth-order valence-corrected chi connectivity index (χ4v) is 5.61. The van der Waals surface area contributed by atoms with Gasteiger partial charge in [-0.05, 0) is 6.92 Å². The summed E-state index contributed by atoms with van der Waals surface area (Å²) in [6.45, 7) is 1.28. The Morgan fingerprint density at radius 1 is 1.57 bits per heavy atom. The molecular weight excluding hydrogens is 328 g/mol. The molecule has 1 amide bonds. The molecule has 1 aromatic rings. The van der Waals surface area contributed by atoms with Crippen LogP contribution in [0.3, 0.4) is 0 Å². The highest BCUT2D eigenvalue weighted by atomic mass is 32.2. The van der Waals surface area contributed by atoms with Crippen molar-refractivity contribution >= 4 is 21.7 Å². The maximum Gasteiger partial charge on any atom is 0.328 e. The van der Waals surface area contributed by atoms with Crippen LogP contribution in [0.2, 0.25) is 0 Å². The van der Waals surface area contributed by atoms with Crippen LogP contribution in [-0.2, 0) is 37.3 Å². The van der Waals surface area contributed by atoms with E-state index in [4.69, 9.17) is 4.74 Å². The minimum Gasteiger partial charge on any atom is -0.480 e. The van der Waals surface area contributed by atoms with Crippen molar-refractivity contribution in [3.8, 4) is 0 Å². The summed E-state index contributed by atoms with van der Waals surface area (Å²) in [6, 6.07) is -1.45. The minimum absolute atomic E-state index is 0.160. The van der Waals surface area contributed by atoms with Crippen LogP contribution < -0.4 is 0 Å². The van der Waals surface area contributed by atoms with Crippen molar-refractivity contribution < 1.29 is 27.9 Å². The zero-order chi connectivity index (χ0) is 17.0. The van der Waals surface area contributed by atoms with E-state index in [2.05, 4.69) is 10.3 Å². The molecular formula is C12H16N4O6S. The highest BCUT2D eigenvalue weighted by molar-refractivity contribution is 7.93. The van der Waals surface area contributed by atoms with Gasteiger partial charge in [-0.25, -0.2) is 17.9 Å². The monoisotopic (exact) mass is 344 g/mol. The van der Waals surface area contributed by atoms with Gasteiger partial charge in [0, 0.05) is 7.11 Å². The summed E-state index contributed by atoms with van der Waals surface area (Å²) in [5.74, 6) is -1.81. The lowest BCUT2D eigenvalue weighted by Gasteiger charge is -2.35. The Kier molecular flexibility index (Phi) is 3.45. The van der Waals surface area contributed by atoms with Crippen LogP contribution in [0.4, 0.5) is 0 Å². The number of fused-ring (bicyclic) bond motifs is 1. The third-order valence-corrected chi connectivity index (χ3v) is 7.26. The van der Waals surface area contributed by atoms with Gasteiger partial charge in [0.1, 0.15) is 10.1 Å². The fraction of sp³-hybridized carbons (Fsp3) is 0.667. The molecule has 3 atom stereocenters. The first-order valence-electron chi connectivity index (χ1n) is 6.87. The van der Waals surface area contributed by atoms with E-state index in [0.29, 0.717) is 5.69 Å². The number of amides is 1. The molecule has 2 fully saturated rings. The van der Waals surface area contributed by atoms with Gasteiger partial charge in [0.15, 0.2) is 15.9 Å². The normalized spacial score (nSPS) is 31.7. The summed E-state index contributed by atoms with van der Waals surface area (Å²) in [5, 5.41) is 15.9. The second-order valence-corrected chi connectivity index (χ2v) is 8.44. The van der Waals surface area contributed by atoms with Crippen LogP contribution >= 0.6 is 0 Å². The van der Waals surface area contributed by atoms with Crippen molar-refractivity contribution in [2.75, 3.05) is 7.11 Å². The standard InChI is InChI=1S/C12H16N4O6S/c1-12(6-15-7(5-22-2)4-13-14-15)10(11(18)19)16-8(17)3-9(16)23(12,20)21/h4,9-10H,3,5-6H2,1-2H3,(H,18,19)/t9-,10-,12-/m0/s1. The number of carbonyl (C=O) groups excluding carboxylic acids is 1. The van der Waals surface area contributed by atoms with E-state index in [0.717, 1.165) is 4.90 Å². The Morgan fingerprint density at radius 3 is 2.83 bits per heavy atom. The number of hydrogen-bond donors (Lipinski definition) is 1. The Morgan fingerprint density at radius 2 is 2.26 bits per heavy atom. The average molecular weight is 344 g/mol. The van der Waals surface area contributed by atoms with Gasteiger partial charge >= 0.3 is 5.97 Å². The van der Waals surface area contributed by atoms with Crippen LogP contribution in [0.15, 0.2) is 6.20 Å². The van der Waals surface area contributed by atoms with Gasteiger partial charge in [-0.1, -0.05) is 5.21 Å². The van der Waals surface area contributed by atoms with Crippen molar-refractivity contribution in [1.82, 2.24) is 19.9 Å². The molecule has 0 saturated carbocycles. The van der Waals surface area contributed by atoms with Gasteiger partial charge < -0.3 is 14.7 Å². The summed E-state index contributed by atoms with van der Waals surface area (Å²) >= 11 is 0. The Bertz CT molecular complexity index is 774. The van der Waals surface area contributed by atoms with Crippen molar-refractivity contribution in [2.45, 2.75) is 42.7 Å². The van der Waals surface area contributed by atoms with Crippen LogP contribution in [-0.4, -0.2) is 68.6 Å². The van der Waals surface area contributed by atoms with Crippen molar-refractivity contribution in [3.05, 3.63) is 11.9 Å². The first-order chi connectivity index (χ1) is 10.7. The van der Waals surface area contributed by atoms with Crippen LogP contribution in [0, 0.1) is 0 Å². The molecule has 11 heteroatoms. The lowest BCUT2D eigenvalue weighted by molar-refractivity contribution is -0.157. The summed E-state index contributed by atoms with van der Waals surface area (Å²) in [6.07, 6.45) is 1.24. The minimum atomic E-state index is -3.87. The molecule has 2 aliphatic rings. The smallest absolute Gasteiger partial charge is 0.328 e. The number of carboxylic acids is 1. The van der Waals surface area contributed by atoms with Crippen LogP contribution in [0.5, 0.6) is 0 Å². The number of carboxylic acid groups (broad SMARTS) is 1. The summed E-state index contributed by atoms with van der Waals surface area (Å²) in [4.78, 5) is 24.3. The molecule has 1 N–H and O–H groups in total. The lowest BCUT2D eigenvalue weighted by Crippen LogP contribution is -2.58. The number of sulfone groups is 1. The predicted octanol–water partition coefficient (Wildman–Crippen LogP) is -1.38. The SMILES string of the molecule is COCc1cnnn1C[C@@]1(C)[C@H](C(=O)O)N2C(=O)C[C@@H]2S1(=O)=O. The topological polar surface area (TPSA) is 132 Å². The third-order valence-electron chi connectivity index (χ3n) is 4.50. The Hall–Kier alpha value is -2.01. The third kappa shape index (κ3) is 1.99. The number of carbonyl (C=O) groups is 2. The zero-order valence-corrected chi connectivity index (χ0v) is 13.4. The number of ether oxygens (including phenoxy) is 1. The predicted molar refractivity (Wildman–Crippen MR) is 74.7 cm³/mol. The Balaban J connectivity index is 2.05. The van der Waals surface area contributed by atoms with Crippen LogP contribution in [0.1, 0.15) is 19.0 Å². The number of rotatable bonds is 5. The van der Waals surface area contributed by atoms with Crippen molar-refractivity contribution in [3.63, 3.8) is 0 Å². The van der Waals surface area contributed by atoms with E-state index in [9.17, 15) is 23.1 Å². The molecule has 3 heterocycles. The summed E-state index contributed by atoms with van der Waals surface area (Å²) < 4.78 is 30.2. The second kappa shape index (κ2) is 4.99. The molecule has 126 valence electrons. The molecule has 0 aromatic carbocycles. The van der Waals surface area contributed by atoms with Crippen molar-refractivity contribution in [2.24, 2.45) is 0 Å². The number of aromatic nitrogens is 3. The van der Waals surface area contributed by atoms with Gasteiger partial charge in [0.2, 0.25) is 5.91 Å². The van der Waals surface area contributed by atoms with Gasteiger partial charge in [-0.15, -0.1) is 5.10 Å². The molecule has 0 aliphatic carbocycles. The van der Waals surface area contributed by atoms with Crippen LogP contribution in [0.25, 0.3) is 0 Å². The number of hydrogen-bond acceptors (Lipinski definition) is 7. The number of nitrogens with zero attached hydrogens (tertiary/aromatic N) is 4. The molecule has 1 aromatic heterocycles. The van der Waals surface area contributed by atoms with E-state index in [-0.39, 0.29) is 19.6 Å². The largest absolute Gasteiger partial charge is 0.480 e. The van der Waals surface area contributed by atoms with E-state index < -0.39 is 37.9 Å². The number of aliphatic carboxylic acids is 1. The quantitative estimate of drug-likeness (QED) is 0.647. The fourth-order valence-electron chi connectivity index (χ4n) is 3.26. The van der Waals surface area contributed by atoms with Gasteiger partial charge in [0.05, 0.1) is 31.5 Å². The highest BCUT2D eigenvalue weighted by Crippen LogP contribution is 2.46. The summed E-state index contributed by atoms with van der Waals surface area (Å²) in [7, 11) is -2.40. The number of methoxy groups -OCH3 is 1. The molecule has 0 unspecified atom stereocenters. The molecule has 2 aliphatic heterocycles. The second-order valence-electron chi connectivity index (χ2n) is 5.87. The van der Waals surface area contributed by atoms with Gasteiger partial charge in [0.25, 0.3) is 0 Å². The van der Waals surface area contributed by atoms with E-state index in [1.165, 1.54) is 24.9 Å². The maximum absolute atomic E-state index is 12.8. The average Bonchev–Trinajstić information content (AvgIpc) is 2.92. The molecule has 0 bridgehead atoms. The van der Waals surface area contributed by atoms with E-state index in [1.807, 2.05) is 0 Å². The van der Waals surface area contributed by atoms with E-state index in [1.54, 1.807) is 0 Å². The van der Waals surface area contributed by atoms with E-state index >= 15 is 0 Å². The molecule has 0 spiro atoms. The molecule has 23 heavy (non-hydrogen) atoms. The van der Waals surface area contributed by atoms with Gasteiger partial charge in [-0.3, -0.25) is 4.79 Å². The Labute approximate surface area is 131 Å².